The maximum atomic E-state index is 3.64. The third-order valence-electron chi connectivity index (χ3n) is 2.30. The molecular formula is C12H27NS. The summed E-state index contributed by atoms with van der Waals surface area (Å²) in [4.78, 5) is 0. The van der Waals surface area contributed by atoms with Crippen LogP contribution in [-0.2, 0) is 0 Å². The Morgan fingerprint density at radius 3 is 2.36 bits per heavy atom. The Morgan fingerprint density at radius 1 is 1.14 bits per heavy atom. The molecule has 0 aliphatic heterocycles. The van der Waals surface area contributed by atoms with Crippen LogP contribution in [0.2, 0.25) is 0 Å². The third-order valence-corrected chi connectivity index (χ3v) is 3.34. The third kappa shape index (κ3) is 8.89. The Bertz CT molecular complexity index is 107. The van der Waals surface area contributed by atoms with Gasteiger partial charge in [0, 0.05) is 11.8 Å². The quantitative estimate of drug-likeness (QED) is 0.634. The predicted octanol–water partition coefficient (Wildman–Crippen LogP) is 3.54. The molecule has 0 radical (unpaired) electrons. The van der Waals surface area contributed by atoms with Crippen molar-refractivity contribution in [3.63, 3.8) is 0 Å². The minimum atomic E-state index is 0.738. The van der Waals surface area contributed by atoms with Crippen LogP contribution in [0, 0.1) is 5.92 Å². The standard InChI is InChI=1S/C12H27NS/c1-5-9-13-12(10-14-6-2)8-7-11(3)4/h11-13H,5-10H2,1-4H3. The fourth-order valence-corrected chi connectivity index (χ4v) is 2.19. The summed E-state index contributed by atoms with van der Waals surface area (Å²) >= 11 is 2.06. The van der Waals surface area contributed by atoms with Gasteiger partial charge in [0.05, 0.1) is 0 Å². The molecule has 0 rings (SSSR count). The van der Waals surface area contributed by atoms with E-state index in [2.05, 4.69) is 44.8 Å². The van der Waals surface area contributed by atoms with Crippen LogP contribution < -0.4 is 5.32 Å². The summed E-state index contributed by atoms with van der Waals surface area (Å²) < 4.78 is 0. The van der Waals surface area contributed by atoms with Crippen molar-refractivity contribution < 1.29 is 0 Å². The first-order valence-electron chi connectivity index (χ1n) is 6.01. The Balaban J connectivity index is 3.60. The highest BCUT2D eigenvalue weighted by atomic mass is 32.2. The Hall–Kier alpha value is 0.310. The van der Waals surface area contributed by atoms with E-state index in [-0.39, 0.29) is 0 Å². The lowest BCUT2D eigenvalue weighted by atomic mass is 10.0. The van der Waals surface area contributed by atoms with Gasteiger partial charge in [0.15, 0.2) is 0 Å². The van der Waals surface area contributed by atoms with E-state index >= 15 is 0 Å². The molecule has 1 atom stereocenters. The van der Waals surface area contributed by atoms with Crippen LogP contribution in [0.3, 0.4) is 0 Å². The van der Waals surface area contributed by atoms with E-state index in [0.717, 1.165) is 12.0 Å². The molecule has 0 bridgehead atoms. The molecule has 14 heavy (non-hydrogen) atoms. The molecule has 0 heterocycles. The zero-order valence-electron chi connectivity index (χ0n) is 10.3. The zero-order chi connectivity index (χ0) is 10.8. The molecule has 1 N–H and O–H groups in total. The van der Waals surface area contributed by atoms with E-state index in [1.165, 1.54) is 37.3 Å². The molecule has 0 aromatic carbocycles. The zero-order valence-corrected chi connectivity index (χ0v) is 11.1. The molecule has 0 saturated heterocycles. The molecule has 1 nitrogen and oxygen atoms in total. The van der Waals surface area contributed by atoms with E-state index in [1.807, 2.05) is 0 Å². The number of rotatable bonds is 9. The average molecular weight is 217 g/mol. The van der Waals surface area contributed by atoms with Gasteiger partial charge in [0.2, 0.25) is 0 Å². The monoisotopic (exact) mass is 217 g/mol. The summed E-state index contributed by atoms with van der Waals surface area (Å²) in [5.74, 6) is 3.36. The second-order valence-electron chi connectivity index (χ2n) is 4.28. The lowest BCUT2D eigenvalue weighted by molar-refractivity contribution is 0.456. The van der Waals surface area contributed by atoms with Crippen LogP contribution in [0.15, 0.2) is 0 Å². The average Bonchev–Trinajstić information content (AvgIpc) is 2.16. The van der Waals surface area contributed by atoms with Crippen molar-refractivity contribution in [3.8, 4) is 0 Å². The lowest BCUT2D eigenvalue weighted by Crippen LogP contribution is -2.32. The minimum Gasteiger partial charge on any atom is -0.313 e. The summed E-state index contributed by atoms with van der Waals surface area (Å²) in [6, 6.07) is 0.738. The van der Waals surface area contributed by atoms with Crippen molar-refractivity contribution >= 4 is 11.8 Å². The molecule has 2 heteroatoms. The van der Waals surface area contributed by atoms with E-state index in [9.17, 15) is 0 Å². The van der Waals surface area contributed by atoms with Crippen LogP contribution in [0.1, 0.15) is 47.0 Å². The summed E-state index contributed by atoms with van der Waals surface area (Å²) in [7, 11) is 0. The van der Waals surface area contributed by atoms with Crippen molar-refractivity contribution in [1.82, 2.24) is 5.32 Å². The van der Waals surface area contributed by atoms with Gasteiger partial charge >= 0.3 is 0 Å². The highest BCUT2D eigenvalue weighted by molar-refractivity contribution is 7.99. The Kier molecular flexibility index (Phi) is 10.1. The van der Waals surface area contributed by atoms with Gasteiger partial charge in [-0.15, -0.1) is 0 Å². The maximum Gasteiger partial charge on any atom is 0.0158 e. The molecule has 0 spiro atoms. The Morgan fingerprint density at radius 2 is 1.86 bits per heavy atom. The van der Waals surface area contributed by atoms with Gasteiger partial charge in [-0.2, -0.15) is 11.8 Å². The molecule has 0 amide bonds. The van der Waals surface area contributed by atoms with Crippen LogP contribution in [-0.4, -0.2) is 24.1 Å². The van der Waals surface area contributed by atoms with Gasteiger partial charge in [-0.1, -0.05) is 27.7 Å². The van der Waals surface area contributed by atoms with Gasteiger partial charge in [0.25, 0.3) is 0 Å². The first-order valence-corrected chi connectivity index (χ1v) is 7.17. The van der Waals surface area contributed by atoms with Crippen molar-refractivity contribution in [2.75, 3.05) is 18.1 Å². The van der Waals surface area contributed by atoms with Crippen LogP contribution >= 0.6 is 11.8 Å². The first kappa shape index (κ1) is 14.3. The summed E-state index contributed by atoms with van der Waals surface area (Å²) in [5.41, 5.74) is 0. The van der Waals surface area contributed by atoms with E-state index in [4.69, 9.17) is 0 Å². The van der Waals surface area contributed by atoms with Crippen molar-refractivity contribution in [1.29, 1.82) is 0 Å². The molecule has 0 aliphatic carbocycles. The van der Waals surface area contributed by atoms with Crippen LogP contribution in [0.4, 0.5) is 0 Å². The second-order valence-corrected chi connectivity index (χ2v) is 5.60. The molecule has 0 aliphatic rings. The smallest absolute Gasteiger partial charge is 0.0158 e. The molecule has 0 aromatic heterocycles. The topological polar surface area (TPSA) is 12.0 Å². The van der Waals surface area contributed by atoms with Gasteiger partial charge in [-0.05, 0) is 37.5 Å². The minimum absolute atomic E-state index is 0.738. The van der Waals surface area contributed by atoms with Gasteiger partial charge in [-0.25, -0.2) is 0 Å². The molecule has 0 aromatic rings. The van der Waals surface area contributed by atoms with Crippen molar-refractivity contribution in [2.45, 2.75) is 53.0 Å². The highest BCUT2D eigenvalue weighted by Gasteiger charge is 2.07. The summed E-state index contributed by atoms with van der Waals surface area (Å²) in [5, 5.41) is 3.64. The molecule has 0 fully saturated rings. The highest BCUT2D eigenvalue weighted by Crippen LogP contribution is 2.11. The van der Waals surface area contributed by atoms with E-state index < -0.39 is 0 Å². The van der Waals surface area contributed by atoms with Crippen molar-refractivity contribution in [3.05, 3.63) is 0 Å². The van der Waals surface area contributed by atoms with E-state index in [1.54, 1.807) is 0 Å². The number of hydrogen-bond donors (Lipinski definition) is 1. The fraction of sp³-hybridized carbons (Fsp3) is 1.00. The second kappa shape index (κ2) is 9.85. The SMILES string of the molecule is CCCNC(CCC(C)C)CSCC. The lowest BCUT2D eigenvalue weighted by Gasteiger charge is -2.18. The Labute approximate surface area is 94.4 Å². The molecule has 0 saturated carbocycles. The van der Waals surface area contributed by atoms with Crippen LogP contribution in [0.25, 0.3) is 0 Å². The molecule has 1 unspecified atom stereocenters. The first-order chi connectivity index (χ1) is 6.70. The largest absolute Gasteiger partial charge is 0.313 e. The van der Waals surface area contributed by atoms with Crippen molar-refractivity contribution in [2.24, 2.45) is 5.92 Å². The van der Waals surface area contributed by atoms with E-state index in [0.29, 0.717) is 0 Å². The normalized spacial score (nSPS) is 13.5. The molecular weight excluding hydrogens is 190 g/mol. The van der Waals surface area contributed by atoms with Gasteiger partial charge in [0.1, 0.15) is 0 Å². The maximum absolute atomic E-state index is 3.64. The number of nitrogens with one attached hydrogen (secondary N) is 1. The van der Waals surface area contributed by atoms with Gasteiger partial charge in [-0.3, -0.25) is 0 Å². The van der Waals surface area contributed by atoms with Gasteiger partial charge < -0.3 is 5.32 Å². The number of hydrogen-bond acceptors (Lipinski definition) is 2. The molecule has 86 valence electrons. The number of thioether (sulfide) groups is 1. The summed E-state index contributed by atoms with van der Waals surface area (Å²) in [6.45, 7) is 10.3. The fourth-order valence-electron chi connectivity index (χ4n) is 1.39. The van der Waals surface area contributed by atoms with Crippen LogP contribution in [0.5, 0.6) is 0 Å². The summed E-state index contributed by atoms with van der Waals surface area (Å²) in [6.07, 6.45) is 3.94. The predicted molar refractivity (Wildman–Crippen MR) is 69.2 cm³/mol.